The summed E-state index contributed by atoms with van der Waals surface area (Å²) in [4.78, 5) is 22.9. The van der Waals surface area contributed by atoms with Crippen molar-refractivity contribution in [1.82, 2.24) is 24.5 Å². The lowest BCUT2D eigenvalue weighted by molar-refractivity contribution is 0.0774. The summed E-state index contributed by atoms with van der Waals surface area (Å²) in [6.07, 6.45) is 3.69. The third-order valence-electron chi connectivity index (χ3n) is 3.38. The van der Waals surface area contributed by atoms with Crippen molar-refractivity contribution in [2.24, 2.45) is 0 Å². The van der Waals surface area contributed by atoms with E-state index in [1.807, 2.05) is 0 Å². The van der Waals surface area contributed by atoms with Crippen LogP contribution < -0.4 is 9.47 Å². The van der Waals surface area contributed by atoms with Crippen molar-refractivity contribution in [2.75, 3.05) is 20.2 Å². The van der Waals surface area contributed by atoms with Gasteiger partial charge in [-0.1, -0.05) is 4.49 Å². The molecule has 116 valence electrons. The van der Waals surface area contributed by atoms with Crippen molar-refractivity contribution in [1.29, 1.82) is 0 Å². The third kappa shape index (κ3) is 2.84. The summed E-state index contributed by atoms with van der Waals surface area (Å²) in [5, 5.41) is 3.87. The zero-order valence-electron chi connectivity index (χ0n) is 12.2. The molecule has 0 spiro atoms. The van der Waals surface area contributed by atoms with Gasteiger partial charge in [0.15, 0.2) is 0 Å². The third-order valence-corrected chi connectivity index (χ3v) is 4.20. The summed E-state index contributed by atoms with van der Waals surface area (Å²) in [5.74, 6) is 0.638. The average molecular weight is 321 g/mol. The molecule has 0 saturated carbocycles. The van der Waals surface area contributed by atoms with Crippen LogP contribution in [0.4, 0.5) is 0 Å². The lowest BCUT2D eigenvalue weighted by atomic mass is 10.3. The van der Waals surface area contributed by atoms with Crippen molar-refractivity contribution >= 4 is 17.4 Å². The Kier molecular flexibility index (Phi) is 4.14. The number of hydrogen-bond acceptors (Lipinski definition) is 8. The fourth-order valence-corrected chi connectivity index (χ4v) is 2.90. The number of amides is 1. The standard InChI is InChI=1S/C13H15N5O3S/c1-8-10(22-17-16-8)13(19)18-6-3-9(7-18)21-12-11(20-2)14-4-5-15-12/h4-5,9H,3,6-7H2,1-2H3. The average Bonchev–Trinajstić information content (AvgIpc) is 3.16. The number of nitrogens with zero attached hydrogens (tertiary/aromatic N) is 5. The summed E-state index contributed by atoms with van der Waals surface area (Å²) >= 11 is 1.12. The highest BCUT2D eigenvalue weighted by Gasteiger charge is 2.31. The van der Waals surface area contributed by atoms with E-state index in [2.05, 4.69) is 19.6 Å². The molecule has 0 aliphatic carbocycles. The van der Waals surface area contributed by atoms with Gasteiger partial charge in [0, 0.05) is 25.4 Å². The molecule has 0 radical (unpaired) electrons. The second kappa shape index (κ2) is 6.22. The molecule has 1 aliphatic rings. The fraction of sp³-hybridized carbons (Fsp3) is 0.462. The van der Waals surface area contributed by atoms with E-state index < -0.39 is 0 Å². The van der Waals surface area contributed by atoms with E-state index in [1.165, 1.54) is 13.3 Å². The van der Waals surface area contributed by atoms with Gasteiger partial charge in [0.25, 0.3) is 17.7 Å². The van der Waals surface area contributed by atoms with Crippen molar-refractivity contribution < 1.29 is 14.3 Å². The summed E-state index contributed by atoms with van der Waals surface area (Å²) < 4.78 is 14.7. The number of aromatic nitrogens is 4. The van der Waals surface area contributed by atoms with Crippen molar-refractivity contribution in [3.8, 4) is 11.8 Å². The summed E-state index contributed by atoms with van der Waals surface area (Å²) in [6.45, 7) is 2.91. The van der Waals surface area contributed by atoms with Crippen LogP contribution in [0.15, 0.2) is 12.4 Å². The Hall–Kier alpha value is -2.29. The summed E-state index contributed by atoms with van der Waals surface area (Å²) in [5.41, 5.74) is 0.662. The predicted molar refractivity (Wildman–Crippen MR) is 78.2 cm³/mol. The van der Waals surface area contributed by atoms with E-state index in [0.29, 0.717) is 35.4 Å². The number of carbonyl (C=O) groups is 1. The van der Waals surface area contributed by atoms with Gasteiger partial charge in [-0.25, -0.2) is 9.97 Å². The summed E-state index contributed by atoms with van der Waals surface area (Å²) in [7, 11) is 1.51. The Morgan fingerprint density at radius 2 is 2.14 bits per heavy atom. The molecule has 0 N–H and O–H groups in total. The Bertz CT molecular complexity index is 677. The van der Waals surface area contributed by atoms with Gasteiger partial charge < -0.3 is 14.4 Å². The molecule has 2 aromatic rings. The van der Waals surface area contributed by atoms with E-state index in [-0.39, 0.29) is 12.0 Å². The van der Waals surface area contributed by atoms with Crippen molar-refractivity contribution in [3.05, 3.63) is 23.0 Å². The van der Waals surface area contributed by atoms with Gasteiger partial charge in [0.05, 0.1) is 19.3 Å². The van der Waals surface area contributed by atoms with E-state index in [0.717, 1.165) is 18.0 Å². The minimum absolute atomic E-state index is 0.0512. The molecule has 1 fully saturated rings. The molecule has 9 heteroatoms. The highest BCUT2D eigenvalue weighted by Crippen LogP contribution is 2.25. The lowest BCUT2D eigenvalue weighted by Gasteiger charge is -2.16. The summed E-state index contributed by atoms with van der Waals surface area (Å²) in [6, 6.07) is 0. The van der Waals surface area contributed by atoms with Crippen LogP contribution >= 0.6 is 11.5 Å². The number of carbonyl (C=O) groups excluding carboxylic acids is 1. The molecule has 1 amide bonds. The molecule has 8 nitrogen and oxygen atoms in total. The molecular formula is C13H15N5O3S. The molecule has 3 rings (SSSR count). The monoisotopic (exact) mass is 321 g/mol. The van der Waals surface area contributed by atoms with E-state index in [4.69, 9.17) is 9.47 Å². The molecule has 1 saturated heterocycles. The maximum Gasteiger partial charge on any atom is 0.278 e. The zero-order chi connectivity index (χ0) is 15.5. The first-order chi connectivity index (χ1) is 10.7. The second-order valence-electron chi connectivity index (χ2n) is 4.84. The van der Waals surface area contributed by atoms with E-state index in [9.17, 15) is 4.79 Å². The molecule has 1 atom stereocenters. The van der Waals surface area contributed by atoms with Crippen molar-refractivity contribution in [2.45, 2.75) is 19.4 Å². The van der Waals surface area contributed by atoms with Crippen LogP contribution in [-0.2, 0) is 0 Å². The number of likely N-dealkylation sites (tertiary alicyclic amines) is 1. The first-order valence-corrected chi connectivity index (χ1v) is 7.56. The van der Waals surface area contributed by atoms with Gasteiger partial charge in [-0.15, -0.1) is 5.10 Å². The maximum absolute atomic E-state index is 12.4. The zero-order valence-corrected chi connectivity index (χ0v) is 13.0. The number of rotatable bonds is 4. The van der Waals surface area contributed by atoms with Gasteiger partial charge in [0.1, 0.15) is 11.0 Å². The van der Waals surface area contributed by atoms with Crippen LogP contribution in [0.2, 0.25) is 0 Å². The first-order valence-electron chi connectivity index (χ1n) is 6.79. The number of hydrogen-bond donors (Lipinski definition) is 0. The van der Waals surface area contributed by atoms with Gasteiger partial charge >= 0.3 is 0 Å². The molecule has 2 aromatic heterocycles. The largest absolute Gasteiger partial charge is 0.477 e. The van der Waals surface area contributed by atoms with Crippen molar-refractivity contribution in [3.63, 3.8) is 0 Å². The topological polar surface area (TPSA) is 90.3 Å². The Balaban J connectivity index is 1.65. The minimum Gasteiger partial charge on any atom is -0.477 e. The van der Waals surface area contributed by atoms with E-state index >= 15 is 0 Å². The van der Waals surface area contributed by atoms with Crippen LogP contribution in [-0.4, -0.2) is 56.7 Å². The maximum atomic E-state index is 12.4. The molecule has 22 heavy (non-hydrogen) atoms. The predicted octanol–water partition coefficient (Wildman–Crippen LogP) is 0.939. The Morgan fingerprint density at radius 3 is 2.82 bits per heavy atom. The number of aryl methyl sites for hydroxylation is 1. The van der Waals surface area contributed by atoms with Crippen LogP contribution in [0.25, 0.3) is 0 Å². The fourth-order valence-electron chi connectivity index (χ4n) is 2.27. The van der Waals surface area contributed by atoms with E-state index in [1.54, 1.807) is 18.0 Å². The number of ether oxygens (including phenoxy) is 2. The first kappa shape index (κ1) is 14.6. The number of methoxy groups -OCH3 is 1. The van der Waals surface area contributed by atoms with Crippen LogP contribution in [0.3, 0.4) is 0 Å². The molecule has 1 unspecified atom stereocenters. The normalized spacial score (nSPS) is 17.5. The highest BCUT2D eigenvalue weighted by molar-refractivity contribution is 7.07. The lowest BCUT2D eigenvalue weighted by Crippen LogP contribution is -2.31. The smallest absolute Gasteiger partial charge is 0.278 e. The second-order valence-corrected chi connectivity index (χ2v) is 5.59. The Labute approximate surface area is 131 Å². The van der Waals surface area contributed by atoms with Gasteiger partial charge in [0.2, 0.25) is 0 Å². The van der Waals surface area contributed by atoms with Gasteiger partial charge in [-0.3, -0.25) is 4.79 Å². The Morgan fingerprint density at radius 1 is 1.36 bits per heavy atom. The molecule has 0 bridgehead atoms. The molecule has 3 heterocycles. The van der Waals surface area contributed by atoms with Crippen LogP contribution in [0, 0.1) is 6.92 Å². The van der Waals surface area contributed by atoms with Gasteiger partial charge in [-0.2, -0.15) is 0 Å². The molecule has 0 aromatic carbocycles. The quantitative estimate of drug-likeness (QED) is 0.827. The minimum atomic E-state index is -0.129. The van der Waals surface area contributed by atoms with Crippen LogP contribution in [0.1, 0.15) is 21.8 Å². The molecular weight excluding hydrogens is 306 g/mol. The SMILES string of the molecule is COc1nccnc1OC1CCN(C(=O)c2snnc2C)C1. The highest BCUT2D eigenvalue weighted by atomic mass is 32.1. The van der Waals surface area contributed by atoms with Crippen LogP contribution in [0.5, 0.6) is 11.8 Å². The van der Waals surface area contributed by atoms with Gasteiger partial charge in [-0.05, 0) is 18.5 Å². The molecule has 1 aliphatic heterocycles.